The average Bonchev–Trinajstić information content (AvgIpc) is 2.15. The molecule has 1 aromatic heterocycles. The molecule has 0 amide bonds. The van der Waals surface area contributed by atoms with Gasteiger partial charge < -0.3 is 4.74 Å². The number of ether oxygens (including phenoxy) is 1. The van der Waals surface area contributed by atoms with Crippen molar-refractivity contribution in [2.75, 3.05) is 0 Å². The fraction of sp³-hybridized carbons (Fsp3) is 0.545. The molecule has 0 radical (unpaired) electrons. The van der Waals surface area contributed by atoms with Gasteiger partial charge in [0.25, 0.3) is 0 Å². The molecule has 0 fully saturated rings. The van der Waals surface area contributed by atoms with Crippen molar-refractivity contribution in [3.8, 4) is 5.88 Å². The van der Waals surface area contributed by atoms with Crippen LogP contribution in [0, 0.1) is 0 Å². The molecule has 1 heterocycles. The van der Waals surface area contributed by atoms with Gasteiger partial charge in [0.15, 0.2) is 0 Å². The molecule has 1 aromatic rings. The van der Waals surface area contributed by atoms with E-state index in [2.05, 4.69) is 9.72 Å². The van der Waals surface area contributed by atoms with Gasteiger partial charge in [-0.3, -0.25) is 0 Å². The van der Waals surface area contributed by atoms with Crippen LogP contribution in [-0.2, 0) is 5.41 Å². The maximum atomic E-state index is 12.0. The van der Waals surface area contributed by atoms with Gasteiger partial charge in [-0.1, -0.05) is 26.8 Å². The SMILES string of the molecule is CCC(C)(C)c1cccc(OC(F)(F)F)n1. The van der Waals surface area contributed by atoms with E-state index < -0.39 is 12.2 Å². The summed E-state index contributed by atoms with van der Waals surface area (Å²) in [6, 6.07) is 4.41. The monoisotopic (exact) mass is 233 g/mol. The van der Waals surface area contributed by atoms with Crippen LogP contribution in [0.3, 0.4) is 0 Å². The van der Waals surface area contributed by atoms with Crippen LogP contribution in [0.15, 0.2) is 18.2 Å². The van der Waals surface area contributed by atoms with Crippen molar-refractivity contribution in [2.24, 2.45) is 0 Å². The Labute approximate surface area is 92.5 Å². The van der Waals surface area contributed by atoms with Crippen molar-refractivity contribution < 1.29 is 17.9 Å². The molecule has 0 bridgehead atoms. The van der Waals surface area contributed by atoms with E-state index in [-0.39, 0.29) is 5.41 Å². The zero-order chi connectivity index (χ0) is 12.4. The third-order valence-corrected chi connectivity index (χ3v) is 2.52. The van der Waals surface area contributed by atoms with Crippen LogP contribution in [0.2, 0.25) is 0 Å². The largest absolute Gasteiger partial charge is 0.574 e. The smallest absolute Gasteiger partial charge is 0.388 e. The Morgan fingerprint density at radius 3 is 2.38 bits per heavy atom. The van der Waals surface area contributed by atoms with Crippen LogP contribution < -0.4 is 4.74 Å². The standard InChI is InChI=1S/C11H14F3NO/c1-4-10(2,3)8-6-5-7-9(15-8)16-11(12,13)14/h5-7H,4H2,1-3H3. The first-order chi connectivity index (χ1) is 7.24. The van der Waals surface area contributed by atoms with E-state index in [0.29, 0.717) is 5.69 Å². The Morgan fingerprint density at radius 1 is 1.25 bits per heavy atom. The number of aromatic nitrogens is 1. The summed E-state index contributed by atoms with van der Waals surface area (Å²) in [6.07, 6.45) is -3.91. The van der Waals surface area contributed by atoms with Crippen LogP contribution in [0.5, 0.6) is 5.88 Å². The summed E-state index contributed by atoms with van der Waals surface area (Å²) < 4.78 is 39.7. The summed E-state index contributed by atoms with van der Waals surface area (Å²) in [7, 11) is 0. The number of pyridine rings is 1. The van der Waals surface area contributed by atoms with Gasteiger partial charge in [-0.05, 0) is 12.5 Å². The van der Waals surface area contributed by atoms with E-state index in [1.165, 1.54) is 12.1 Å². The highest BCUT2D eigenvalue weighted by molar-refractivity contribution is 5.21. The molecule has 0 aliphatic rings. The van der Waals surface area contributed by atoms with Crippen LogP contribution in [0.25, 0.3) is 0 Å². The second-order valence-corrected chi connectivity index (χ2v) is 4.15. The second kappa shape index (κ2) is 4.31. The fourth-order valence-electron chi connectivity index (χ4n) is 1.15. The third kappa shape index (κ3) is 3.40. The molecule has 5 heteroatoms. The maximum Gasteiger partial charge on any atom is 0.574 e. The molecular formula is C11H14F3NO. The Hall–Kier alpha value is -1.26. The summed E-state index contributed by atoms with van der Waals surface area (Å²) in [4.78, 5) is 3.86. The number of nitrogens with zero attached hydrogens (tertiary/aromatic N) is 1. The highest BCUT2D eigenvalue weighted by Crippen LogP contribution is 2.28. The van der Waals surface area contributed by atoms with E-state index >= 15 is 0 Å². The number of hydrogen-bond acceptors (Lipinski definition) is 2. The first kappa shape index (κ1) is 12.8. The molecule has 2 nitrogen and oxygen atoms in total. The van der Waals surface area contributed by atoms with Gasteiger partial charge in [0.2, 0.25) is 5.88 Å². The minimum atomic E-state index is -4.69. The lowest BCUT2D eigenvalue weighted by atomic mass is 9.86. The summed E-state index contributed by atoms with van der Waals surface area (Å²) in [6.45, 7) is 5.80. The predicted molar refractivity (Wildman–Crippen MR) is 54.2 cm³/mol. The molecule has 0 aliphatic heterocycles. The highest BCUT2D eigenvalue weighted by atomic mass is 19.4. The van der Waals surface area contributed by atoms with Crippen molar-refractivity contribution >= 4 is 0 Å². The van der Waals surface area contributed by atoms with Crippen LogP contribution in [0.4, 0.5) is 13.2 Å². The van der Waals surface area contributed by atoms with E-state index in [4.69, 9.17) is 0 Å². The van der Waals surface area contributed by atoms with E-state index in [9.17, 15) is 13.2 Å². The Kier molecular flexibility index (Phi) is 3.45. The molecule has 16 heavy (non-hydrogen) atoms. The third-order valence-electron chi connectivity index (χ3n) is 2.52. The molecule has 1 rings (SSSR count). The first-order valence-electron chi connectivity index (χ1n) is 4.98. The van der Waals surface area contributed by atoms with Gasteiger partial charge in [-0.25, -0.2) is 4.98 Å². The quantitative estimate of drug-likeness (QED) is 0.794. The highest BCUT2D eigenvalue weighted by Gasteiger charge is 2.32. The van der Waals surface area contributed by atoms with E-state index in [0.717, 1.165) is 6.42 Å². The lowest BCUT2D eigenvalue weighted by Gasteiger charge is -2.22. The van der Waals surface area contributed by atoms with Crippen molar-refractivity contribution in [3.05, 3.63) is 23.9 Å². The molecule has 0 spiro atoms. The van der Waals surface area contributed by atoms with Gasteiger partial charge in [0.05, 0.1) is 5.69 Å². The summed E-state index contributed by atoms with van der Waals surface area (Å²) in [5.74, 6) is -0.411. The van der Waals surface area contributed by atoms with Gasteiger partial charge in [-0.2, -0.15) is 0 Å². The average molecular weight is 233 g/mol. The molecule has 0 aliphatic carbocycles. The predicted octanol–water partition coefficient (Wildman–Crippen LogP) is 3.67. The molecule has 90 valence electrons. The molecule has 0 saturated heterocycles. The van der Waals surface area contributed by atoms with Crippen molar-refractivity contribution in [3.63, 3.8) is 0 Å². The Bertz CT molecular complexity index is 360. The van der Waals surface area contributed by atoms with Crippen LogP contribution >= 0.6 is 0 Å². The van der Waals surface area contributed by atoms with Crippen molar-refractivity contribution in [1.29, 1.82) is 0 Å². The molecule has 0 atom stereocenters. The summed E-state index contributed by atoms with van der Waals surface area (Å²) in [5, 5.41) is 0. The normalized spacial score (nSPS) is 12.6. The lowest BCUT2D eigenvalue weighted by molar-refractivity contribution is -0.276. The maximum absolute atomic E-state index is 12.0. The number of rotatable bonds is 3. The lowest BCUT2D eigenvalue weighted by Crippen LogP contribution is -2.21. The molecule has 0 N–H and O–H groups in total. The number of alkyl halides is 3. The summed E-state index contributed by atoms with van der Waals surface area (Å²) >= 11 is 0. The van der Waals surface area contributed by atoms with Gasteiger partial charge in [-0.15, -0.1) is 13.2 Å². The van der Waals surface area contributed by atoms with Crippen molar-refractivity contribution in [1.82, 2.24) is 4.98 Å². The Morgan fingerprint density at radius 2 is 1.88 bits per heavy atom. The van der Waals surface area contributed by atoms with Crippen LogP contribution in [-0.4, -0.2) is 11.3 Å². The molecular weight excluding hydrogens is 219 g/mol. The second-order valence-electron chi connectivity index (χ2n) is 4.15. The molecule has 0 aromatic carbocycles. The fourth-order valence-corrected chi connectivity index (χ4v) is 1.15. The molecule has 0 saturated carbocycles. The van der Waals surface area contributed by atoms with E-state index in [1.807, 2.05) is 20.8 Å². The topological polar surface area (TPSA) is 22.1 Å². The Balaban J connectivity index is 2.96. The van der Waals surface area contributed by atoms with Gasteiger partial charge >= 0.3 is 6.36 Å². The van der Waals surface area contributed by atoms with Crippen LogP contribution in [0.1, 0.15) is 32.9 Å². The number of hydrogen-bond donors (Lipinski definition) is 0. The first-order valence-corrected chi connectivity index (χ1v) is 4.98. The van der Waals surface area contributed by atoms with E-state index in [1.54, 1.807) is 6.07 Å². The van der Waals surface area contributed by atoms with Gasteiger partial charge in [0.1, 0.15) is 0 Å². The minimum Gasteiger partial charge on any atom is -0.388 e. The molecule has 0 unspecified atom stereocenters. The number of halogens is 3. The zero-order valence-corrected chi connectivity index (χ0v) is 9.43. The van der Waals surface area contributed by atoms with Crippen molar-refractivity contribution in [2.45, 2.75) is 39.0 Å². The zero-order valence-electron chi connectivity index (χ0n) is 9.43. The minimum absolute atomic E-state index is 0.259. The van der Waals surface area contributed by atoms with Gasteiger partial charge in [0, 0.05) is 11.5 Å². The summed E-state index contributed by atoms with van der Waals surface area (Å²) in [5.41, 5.74) is 0.335.